The molecule has 3 amide bonds. The first-order valence-corrected chi connectivity index (χ1v) is 13.7. The highest BCUT2D eigenvalue weighted by molar-refractivity contribution is 6.08. The molecule has 0 aliphatic heterocycles. The van der Waals surface area contributed by atoms with Crippen LogP contribution >= 0.6 is 12.4 Å². The van der Waals surface area contributed by atoms with Gasteiger partial charge in [0.1, 0.15) is 12.1 Å². The predicted molar refractivity (Wildman–Crippen MR) is 165 cm³/mol. The van der Waals surface area contributed by atoms with Crippen LogP contribution in [0.15, 0.2) is 91.1 Å². The third-order valence-electron chi connectivity index (χ3n) is 6.94. The Balaban J connectivity index is 0.00000462. The van der Waals surface area contributed by atoms with E-state index >= 15 is 0 Å². The van der Waals surface area contributed by atoms with Crippen molar-refractivity contribution in [2.24, 2.45) is 5.73 Å². The molecule has 0 saturated heterocycles. The minimum absolute atomic E-state index is 0. The molecule has 0 saturated carbocycles. The number of fused-ring (bicyclic) bond motifs is 1. The molecule has 4 rings (SSSR count). The molecule has 5 N–H and O–H groups in total. The number of nitrogens with two attached hydrogens (primary N) is 1. The van der Waals surface area contributed by atoms with Gasteiger partial charge in [-0.3, -0.25) is 14.4 Å². The fourth-order valence-electron chi connectivity index (χ4n) is 4.78. The molecule has 0 radical (unpaired) electrons. The smallest absolute Gasteiger partial charge is 0.254 e. The Labute approximate surface area is 247 Å². The van der Waals surface area contributed by atoms with Crippen molar-refractivity contribution in [1.29, 1.82) is 0 Å². The molecule has 0 bridgehead atoms. The van der Waals surface area contributed by atoms with Gasteiger partial charge in [-0.2, -0.15) is 0 Å². The van der Waals surface area contributed by atoms with E-state index in [1.54, 1.807) is 18.1 Å². The van der Waals surface area contributed by atoms with Crippen LogP contribution in [0.3, 0.4) is 0 Å². The van der Waals surface area contributed by atoms with Gasteiger partial charge in [-0.25, -0.2) is 0 Å². The summed E-state index contributed by atoms with van der Waals surface area (Å²) in [5, 5.41) is 6.65. The van der Waals surface area contributed by atoms with Gasteiger partial charge in [0.15, 0.2) is 0 Å². The quantitative estimate of drug-likeness (QED) is 0.179. The van der Waals surface area contributed by atoms with E-state index in [1.165, 1.54) is 0 Å². The number of carbonyl (C=O) groups excluding carboxylic acids is 3. The van der Waals surface area contributed by atoms with Crippen molar-refractivity contribution < 1.29 is 14.4 Å². The Hall–Kier alpha value is -4.14. The number of H-pyrrole nitrogens is 1. The van der Waals surface area contributed by atoms with E-state index in [0.717, 1.165) is 28.5 Å². The van der Waals surface area contributed by atoms with E-state index in [4.69, 9.17) is 5.73 Å². The van der Waals surface area contributed by atoms with Gasteiger partial charge in [-0.05, 0) is 43.0 Å². The molecule has 0 aliphatic rings. The molecule has 1 aromatic heterocycles. The van der Waals surface area contributed by atoms with Gasteiger partial charge in [-0.1, -0.05) is 78.9 Å². The van der Waals surface area contributed by atoms with Crippen molar-refractivity contribution in [3.05, 3.63) is 108 Å². The number of nitrogens with one attached hydrogen (secondary N) is 3. The second-order valence-electron chi connectivity index (χ2n) is 9.99. The lowest BCUT2D eigenvalue weighted by Gasteiger charge is -2.27. The zero-order chi connectivity index (χ0) is 28.3. The maximum Gasteiger partial charge on any atom is 0.254 e. The van der Waals surface area contributed by atoms with Gasteiger partial charge in [0, 0.05) is 37.1 Å². The van der Waals surface area contributed by atoms with E-state index in [9.17, 15) is 14.4 Å². The highest BCUT2D eigenvalue weighted by atomic mass is 35.5. The normalized spacial score (nSPS) is 12.1. The summed E-state index contributed by atoms with van der Waals surface area (Å²) in [6.07, 6.45) is 3.77. The van der Waals surface area contributed by atoms with Crippen LogP contribution in [0.4, 0.5) is 0 Å². The summed E-state index contributed by atoms with van der Waals surface area (Å²) in [6, 6.07) is 25.2. The van der Waals surface area contributed by atoms with Crippen LogP contribution in [0.25, 0.3) is 10.9 Å². The minimum Gasteiger partial charge on any atom is -0.360 e. The number of para-hydroxylation sites is 1. The van der Waals surface area contributed by atoms with E-state index < -0.39 is 18.0 Å². The van der Waals surface area contributed by atoms with Crippen LogP contribution in [-0.4, -0.2) is 53.3 Å². The Kier molecular flexibility index (Phi) is 11.9. The van der Waals surface area contributed by atoms with Crippen LogP contribution in [0.2, 0.25) is 0 Å². The summed E-state index contributed by atoms with van der Waals surface area (Å²) in [4.78, 5) is 45.3. The number of aromatic amines is 1. The number of likely N-dealkylation sites (N-methyl/N-ethyl adjacent to an activating group) is 1. The first kappa shape index (κ1) is 31.4. The van der Waals surface area contributed by atoms with Crippen LogP contribution < -0.4 is 16.4 Å². The van der Waals surface area contributed by atoms with Crippen molar-refractivity contribution >= 4 is 41.0 Å². The molecular weight excluding hydrogens is 538 g/mol. The van der Waals surface area contributed by atoms with Gasteiger partial charge in [0.25, 0.3) is 5.91 Å². The Morgan fingerprint density at radius 3 is 2.15 bits per heavy atom. The van der Waals surface area contributed by atoms with Crippen LogP contribution in [0, 0.1) is 0 Å². The number of nitrogens with zero attached hydrogens (tertiary/aromatic N) is 1. The predicted octanol–water partition coefficient (Wildman–Crippen LogP) is 4.20. The lowest BCUT2D eigenvalue weighted by molar-refractivity contribution is -0.136. The number of halogens is 1. The number of carbonyl (C=O) groups is 3. The molecule has 216 valence electrons. The van der Waals surface area contributed by atoms with Crippen molar-refractivity contribution in [1.82, 2.24) is 20.5 Å². The summed E-state index contributed by atoms with van der Waals surface area (Å²) in [6.45, 7) is 0.905. The first-order valence-electron chi connectivity index (χ1n) is 13.7. The highest BCUT2D eigenvalue weighted by Gasteiger charge is 2.29. The Morgan fingerprint density at radius 1 is 0.829 bits per heavy atom. The van der Waals surface area contributed by atoms with Crippen molar-refractivity contribution in [3.8, 4) is 0 Å². The average Bonchev–Trinajstić information content (AvgIpc) is 3.41. The largest absolute Gasteiger partial charge is 0.360 e. The van der Waals surface area contributed by atoms with E-state index in [1.807, 2.05) is 84.9 Å². The van der Waals surface area contributed by atoms with Crippen LogP contribution in [0.5, 0.6) is 0 Å². The number of amides is 3. The van der Waals surface area contributed by atoms with E-state index in [0.29, 0.717) is 37.9 Å². The topological polar surface area (TPSA) is 120 Å². The van der Waals surface area contributed by atoms with Gasteiger partial charge in [0.2, 0.25) is 11.8 Å². The molecule has 9 heteroatoms. The Morgan fingerprint density at radius 2 is 1.46 bits per heavy atom. The van der Waals surface area contributed by atoms with Gasteiger partial charge >= 0.3 is 0 Å². The third kappa shape index (κ3) is 8.67. The molecule has 2 atom stereocenters. The molecule has 3 aromatic carbocycles. The summed E-state index contributed by atoms with van der Waals surface area (Å²) >= 11 is 0. The molecule has 4 aromatic rings. The SMILES string of the molecule is CN(Cc1ccccc1)C(=O)[C@@H](Cc1ccccc1)NC(=O)C(CCCCN)NC(=O)c1c[nH]c2ccccc12.Cl. The third-order valence-corrected chi connectivity index (χ3v) is 6.94. The monoisotopic (exact) mass is 575 g/mol. The maximum atomic E-state index is 13.7. The van der Waals surface area contributed by atoms with Crippen LogP contribution in [-0.2, 0) is 22.6 Å². The number of rotatable bonds is 13. The summed E-state index contributed by atoms with van der Waals surface area (Å²) in [5.74, 6) is -0.949. The Bertz CT molecular complexity index is 1410. The number of hydrogen-bond donors (Lipinski definition) is 4. The van der Waals surface area contributed by atoms with Crippen molar-refractivity contribution in [2.75, 3.05) is 13.6 Å². The van der Waals surface area contributed by atoms with Gasteiger partial charge in [-0.15, -0.1) is 12.4 Å². The second-order valence-corrected chi connectivity index (χ2v) is 9.99. The zero-order valence-electron chi connectivity index (χ0n) is 23.2. The summed E-state index contributed by atoms with van der Waals surface area (Å²) in [7, 11) is 1.73. The molecule has 0 fully saturated rings. The van der Waals surface area contributed by atoms with Gasteiger partial charge < -0.3 is 26.3 Å². The van der Waals surface area contributed by atoms with Gasteiger partial charge in [0.05, 0.1) is 5.56 Å². The van der Waals surface area contributed by atoms with Crippen molar-refractivity contribution in [3.63, 3.8) is 0 Å². The van der Waals surface area contributed by atoms with E-state index in [2.05, 4.69) is 15.6 Å². The fraction of sp³-hybridized carbons (Fsp3) is 0.281. The van der Waals surface area contributed by atoms with Crippen LogP contribution in [0.1, 0.15) is 40.7 Å². The lowest BCUT2D eigenvalue weighted by Crippen LogP contribution is -2.54. The molecule has 8 nitrogen and oxygen atoms in total. The number of hydrogen-bond acceptors (Lipinski definition) is 4. The summed E-state index contributed by atoms with van der Waals surface area (Å²) < 4.78 is 0. The number of benzene rings is 3. The molecule has 0 aliphatic carbocycles. The standard InChI is InChI=1S/C32H37N5O3.ClH/c1-37(22-24-14-6-3-7-15-24)32(40)29(20-23-12-4-2-5-13-23)36-31(39)28(18-10-11-19-33)35-30(38)26-21-34-27-17-9-8-16-25(26)27;/h2-9,12-17,21,28-29,34H,10-11,18-20,22,33H2,1H3,(H,35,38)(H,36,39);1H/t28?,29-;/m1./s1. The summed E-state index contributed by atoms with van der Waals surface area (Å²) in [5.41, 5.74) is 8.92. The zero-order valence-corrected chi connectivity index (χ0v) is 24.0. The van der Waals surface area contributed by atoms with E-state index in [-0.39, 0.29) is 24.2 Å². The fourth-order valence-corrected chi connectivity index (χ4v) is 4.78. The number of aromatic nitrogens is 1. The molecule has 41 heavy (non-hydrogen) atoms. The highest BCUT2D eigenvalue weighted by Crippen LogP contribution is 2.18. The second kappa shape index (κ2) is 15.6. The average molecular weight is 576 g/mol. The number of unbranched alkanes of at least 4 members (excludes halogenated alkanes) is 1. The van der Waals surface area contributed by atoms with Crippen molar-refractivity contribution in [2.45, 2.75) is 44.3 Å². The molecule has 0 spiro atoms. The lowest BCUT2D eigenvalue weighted by atomic mass is 10.0. The molecular formula is C32H38ClN5O3. The molecule has 1 heterocycles. The minimum atomic E-state index is -0.821. The first-order chi connectivity index (χ1) is 19.5. The molecule has 1 unspecified atom stereocenters. The maximum absolute atomic E-state index is 13.7.